The second-order valence-electron chi connectivity index (χ2n) is 14.7. The highest BCUT2D eigenvalue weighted by atomic mass is 32.2. The van der Waals surface area contributed by atoms with Crippen molar-refractivity contribution in [2.24, 2.45) is 17.8 Å². The Labute approximate surface area is 301 Å². The van der Waals surface area contributed by atoms with Gasteiger partial charge in [-0.1, -0.05) is 32.4 Å². The van der Waals surface area contributed by atoms with Crippen molar-refractivity contribution in [3.8, 4) is 17.4 Å². The summed E-state index contributed by atoms with van der Waals surface area (Å²) in [5.41, 5.74) is -1.53. The Kier molecular flexibility index (Phi) is 9.69. The van der Waals surface area contributed by atoms with Gasteiger partial charge in [-0.05, 0) is 68.6 Å². The minimum atomic E-state index is -3.91. The van der Waals surface area contributed by atoms with E-state index in [4.69, 9.17) is 14.2 Å². The van der Waals surface area contributed by atoms with Gasteiger partial charge in [0.25, 0.3) is 5.91 Å². The smallest absolute Gasteiger partial charge is 0.405 e. The maximum atomic E-state index is 14.5. The molecule has 16 heteroatoms. The molecule has 1 saturated heterocycles. The molecule has 2 saturated carbocycles. The third kappa shape index (κ3) is 7.08. The number of aromatic nitrogens is 1. The number of nitrogens with zero attached hydrogens (tertiary/aromatic N) is 2. The summed E-state index contributed by atoms with van der Waals surface area (Å²) in [6.07, 6.45) is 6.85. The van der Waals surface area contributed by atoms with E-state index in [0.717, 1.165) is 11.8 Å². The number of sulfonamides is 1. The molecule has 2 aliphatic carbocycles. The van der Waals surface area contributed by atoms with Crippen molar-refractivity contribution in [3.05, 3.63) is 36.5 Å². The fourth-order valence-electron chi connectivity index (χ4n) is 7.84. The zero-order chi connectivity index (χ0) is 36.8. The summed E-state index contributed by atoms with van der Waals surface area (Å²) in [7, 11) is -3.91. The van der Waals surface area contributed by atoms with Gasteiger partial charge in [-0.15, -0.1) is 0 Å². The zero-order valence-electron chi connectivity index (χ0n) is 29.2. The first-order valence-corrected chi connectivity index (χ1v) is 19.6. The minimum absolute atomic E-state index is 0.00571. The topological polar surface area (TPSA) is 203 Å². The highest BCUT2D eigenvalue weighted by molar-refractivity contribution is 7.91. The predicted molar refractivity (Wildman–Crippen MR) is 187 cm³/mol. The molecular weight excluding hydrogens is 694 g/mol. The second-order valence-corrected chi connectivity index (χ2v) is 16.6. The van der Waals surface area contributed by atoms with Gasteiger partial charge in [-0.3, -0.25) is 19.1 Å². The number of carbonyl (C=O) groups excluding carboxylic acids is 3. The molecule has 7 atom stereocenters. The molecule has 1 aromatic heterocycles. The lowest BCUT2D eigenvalue weighted by Crippen LogP contribution is -2.59. The number of pyridine rings is 1. The van der Waals surface area contributed by atoms with E-state index in [-0.39, 0.29) is 37.1 Å². The summed E-state index contributed by atoms with van der Waals surface area (Å²) >= 11 is 0. The largest absolute Gasteiger partial charge is 0.486 e. The molecule has 5 aliphatic rings. The van der Waals surface area contributed by atoms with Crippen LogP contribution in [0.15, 0.2) is 36.5 Å². The lowest BCUT2D eigenvalue weighted by Gasteiger charge is -2.33. The molecule has 7 rings (SSSR count). The Morgan fingerprint density at radius 1 is 1.12 bits per heavy atom. The van der Waals surface area contributed by atoms with E-state index in [1.165, 1.54) is 4.90 Å². The highest BCUT2D eigenvalue weighted by Gasteiger charge is 2.62. The van der Waals surface area contributed by atoms with Gasteiger partial charge < -0.3 is 34.9 Å². The molecule has 4 N–H and O–H groups in total. The van der Waals surface area contributed by atoms with Crippen molar-refractivity contribution in [2.75, 3.05) is 19.8 Å². The van der Waals surface area contributed by atoms with Gasteiger partial charge in [0.2, 0.25) is 27.7 Å². The molecule has 1 aromatic carbocycles. The van der Waals surface area contributed by atoms with Crippen LogP contribution in [0, 0.1) is 17.8 Å². The monoisotopic (exact) mass is 739 g/mol. The van der Waals surface area contributed by atoms with Gasteiger partial charge in [0.1, 0.15) is 36.9 Å². The van der Waals surface area contributed by atoms with Crippen LogP contribution < -0.4 is 29.6 Å². The number of benzene rings is 1. The van der Waals surface area contributed by atoms with Crippen LogP contribution in [0.25, 0.3) is 10.8 Å². The summed E-state index contributed by atoms with van der Waals surface area (Å²) < 4.78 is 45.9. The lowest BCUT2D eigenvalue weighted by atomic mass is 9.85. The van der Waals surface area contributed by atoms with Crippen molar-refractivity contribution in [1.82, 2.24) is 25.2 Å². The molecular formula is C36H45N5O10S. The van der Waals surface area contributed by atoms with E-state index >= 15 is 0 Å². The minimum Gasteiger partial charge on any atom is -0.486 e. The number of rotatable bonds is 7. The van der Waals surface area contributed by atoms with Crippen LogP contribution in [-0.4, -0.2) is 96.0 Å². The lowest BCUT2D eigenvalue weighted by molar-refractivity contribution is -0.142. The average Bonchev–Trinajstić information content (AvgIpc) is 4.04. The van der Waals surface area contributed by atoms with Crippen LogP contribution in [0.2, 0.25) is 0 Å². The maximum absolute atomic E-state index is 14.5. The molecule has 3 fully saturated rings. The second kappa shape index (κ2) is 14.1. The molecule has 2 aromatic rings. The molecule has 0 radical (unpaired) electrons. The van der Waals surface area contributed by atoms with Crippen molar-refractivity contribution in [3.63, 3.8) is 0 Å². The normalized spacial score (nSPS) is 31.2. The van der Waals surface area contributed by atoms with E-state index in [2.05, 4.69) is 20.3 Å². The first-order chi connectivity index (χ1) is 24.9. The molecule has 280 valence electrons. The fourth-order valence-corrected chi connectivity index (χ4v) is 9.20. The van der Waals surface area contributed by atoms with E-state index in [9.17, 15) is 32.7 Å². The van der Waals surface area contributed by atoms with Gasteiger partial charge in [0, 0.05) is 29.3 Å². The zero-order valence-corrected chi connectivity index (χ0v) is 30.0. The number of carboxylic acid groups (broad SMARTS) is 1. The first kappa shape index (κ1) is 35.8. The number of hydrogen-bond acceptors (Lipinski definition) is 10. The Morgan fingerprint density at radius 2 is 1.90 bits per heavy atom. The SMILES string of the molecule is CC[C@@H]1C[C@@H](C)CC/C=C\[C@@H]2C[C@@]2(C(=O)NS(=O)(=O)C2CC2)NC(=O)[C@@H]2C[C@@H](Oc3nccc4c5c(ccc34)OCCO5)CN2C(=O)[C@H]1NC(=O)O. The molecule has 4 amide bonds. The fraction of sp³-hybridized carbons (Fsp3) is 0.583. The number of fused-ring (bicyclic) bond motifs is 5. The van der Waals surface area contributed by atoms with E-state index in [1.54, 1.807) is 24.4 Å². The number of carbonyl (C=O) groups is 4. The quantitative estimate of drug-likeness (QED) is 0.304. The summed E-state index contributed by atoms with van der Waals surface area (Å²) in [4.78, 5) is 60.4. The Hall–Kier alpha value is -4.60. The molecule has 0 unspecified atom stereocenters. The summed E-state index contributed by atoms with van der Waals surface area (Å²) in [5.74, 6) is -1.32. The van der Waals surface area contributed by atoms with Crippen LogP contribution in [0.5, 0.6) is 17.4 Å². The number of nitrogens with one attached hydrogen (secondary N) is 3. The molecule has 52 heavy (non-hydrogen) atoms. The van der Waals surface area contributed by atoms with Gasteiger partial charge >= 0.3 is 6.09 Å². The van der Waals surface area contributed by atoms with Gasteiger partial charge in [-0.25, -0.2) is 18.2 Å². The summed E-state index contributed by atoms with van der Waals surface area (Å²) in [5, 5.41) is 15.9. The van der Waals surface area contributed by atoms with Crippen molar-refractivity contribution < 1.29 is 46.9 Å². The predicted octanol–water partition coefficient (Wildman–Crippen LogP) is 2.88. The van der Waals surface area contributed by atoms with Crippen LogP contribution in [0.1, 0.15) is 65.2 Å². The van der Waals surface area contributed by atoms with Crippen molar-refractivity contribution >= 4 is 44.6 Å². The first-order valence-electron chi connectivity index (χ1n) is 18.1. The van der Waals surface area contributed by atoms with Crippen LogP contribution >= 0.6 is 0 Å². The average molecular weight is 740 g/mol. The number of hydrogen-bond donors (Lipinski definition) is 4. The van der Waals surface area contributed by atoms with Gasteiger partial charge in [-0.2, -0.15) is 0 Å². The molecule has 15 nitrogen and oxygen atoms in total. The summed E-state index contributed by atoms with van der Waals surface area (Å²) in [6.45, 7) is 4.69. The third-order valence-corrected chi connectivity index (χ3v) is 12.8. The van der Waals surface area contributed by atoms with Crippen LogP contribution in [-0.2, 0) is 24.4 Å². The van der Waals surface area contributed by atoms with Crippen molar-refractivity contribution in [2.45, 2.75) is 94.2 Å². The van der Waals surface area contributed by atoms with E-state index in [0.29, 0.717) is 62.2 Å². The van der Waals surface area contributed by atoms with Crippen LogP contribution in [0.3, 0.4) is 0 Å². The van der Waals surface area contributed by atoms with Gasteiger partial charge in [0.05, 0.1) is 11.8 Å². The van der Waals surface area contributed by atoms with Crippen LogP contribution in [0.4, 0.5) is 4.79 Å². The molecule has 3 aliphatic heterocycles. The molecule has 4 heterocycles. The highest BCUT2D eigenvalue weighted by Crippen LogP contribution is 2.46. The Morgan fingerprint density at radius 3 is 2.65 bits per heavy atom. The number of allylic oxidation sites excluding steroid dienone is 1. The standard InChI is InChI=1S/C36H45N5O10S/c1-3-21-16-20(2)6-4-5-7-22-18-36(22,34(44)40-52(47,48)24-8-9-24)39-31(42)27-17-23(19-41(27)33(43)29(21)38-35(45)46)51-32-26-10-11-28-30(50-15-14-49-28)25(26)12-13-37-32/h5,7,10-13,20-24,27,29,38H,3-4,6,8-9,14-19H2,1-2H3,(H,39,42)(H,40,44)(H,45,46)/b7-5-/t20-,21+,22+,23+,27-,29-,36+/m0/s1. The van der Waals surface area contributed by atoms with Crippen molar-refractivity contribution in [1.29, 1.82) is 0 Å². The maximum Gasteiger partial charge on any atom is 0.405 e. The Bertz CT molecular complexity index is 1900. The Balaban J connectivity index is 1.22. The molecule has 0 bridgehead atoms. The number of ether oxygens (including phenoxy) is 3. The third-order valence-electron chi connectivity index (χ3n) is 10.9. The van der Waals surface area contributed by atoms with Gasteiger partial charge in [0.15, 0.2) is 11.5 Å². The number of amides is 4. The van der Waals surface area contributed by atoms with E-state index < -0.39 is 68.7 Å². The molecule has 0 spiro atoms. The summed E-state index contributed by atoms with van der Waals surface area (Å²) in [6, 6.07) is 3.05. The van der Waals surface area contributed by atoms with E-state index in [1.807, 2.05) is 26.0 Å².